The molecule has 0 atom stereocenters. The molecule has 0 N–H and O–H groups in total. The van der Waals surface area contributed by atoms with Crippen molar-refractivity contribution < 1.29 is 4.84 Å². The van der Waals surface area contributed by atoms with Gasteiger partial charge in [0.25, 0.3) is 0 Å². The van der Waals surface area contributed by atoms with Crippen LogP contribution in [0, 0.1) is 0 Å². The maximum absolute atomic E-state index is 5.46. The Balaban J connectivity index is 2.18. The number of hydrogen-bond donors (Lipinski definition) is 0. The molecule has 0 amide bonds. The van der Waals surface area contributed by atoms with E-state index in [1.165, 1.54) is 6.33 Å². The quantitative estimate of drug-likeness (QED) is 0.754. The molecule has 1 saturated heterocycles. The first-order valence-electron chi connectivity index (χ1n) is 4.24. The van der Waals surface area contributed by atoms with Crippen molar-refractivity contribution >= 4 is 21.7 Å². The Labute approximate surface area is 85.0 Å². The number of anilines is 1. The summed E-state index contributed by atoms with van der Waals surface area (Å²) in [6.07, 6.45) is 5.52. The topological polar surface area (TPSA) is 38.2 Å². The minimum atomic E-state index is 0.774. The molecule has 1 aromatic heterocycles. The lowest BCUT2D eigenvalue weighted by molar-refractivity contribution is 0.0758. The van der Waals surface area contributed by atoms with E-state index in [1.807, 2.05) is 5.06 Å². The first kappa shape index (κ1) is 8.90. The SMILES string of the molecule is Brc1cncnc1N1CCCCO1. The summed E-state index contributed by atoms with van der Waals surface area (Å²) in [4.78, 5) is 13.5. The lowest BCUT2D eigenvalue weighted by Gasteiger charge is -2.27. The average Bonchev–Trinajstić information content (AvgIpc) is 2.20. The van der Waals surface area contributed by atoms with Crippen LogP contribution in [0.2, 0.25) is 0 Å². The van der Waals surface area contributed by atoms with Gasteiger partial charge in [-0.05, 0) is 28.8 Å². The molecular weight excluding hydrogens is 234 g/mol. The van der Waals surface area contributed by atoms with E-state index in [0.29, 0.717) is 0 Å². The van der Waals surface area contributed by atoms with Crippen molar-refractivity contribution in [1.82, 2.24) is 9.97 Å². The summed E-state index contributed by atoms with van der Waals surface area (Å²) < 4.78 is 0.872. The predicted octanol–water partition coefficient (Wildman–Crippen LogP) is 1.77. The van der Waals surface area contributed by atoms with E-state index in [0.717, 1.165) is 36.3 Å². The second-order valence-electron chi connectivity index (χ2n) is 2.84. The first-order valence-corrected chi connectivity index (χ1v) is 5.03. The zero-order valence-electron chi connectivity index (χ0n) is 7.11. The molecule has 13 heavy (non-hydrogen) atoms. The fraction of sp³-hybridized carbons (Fsp3) is 0.500. The molecule has 0 radical (unpaired) electrons. The lowest BCUT2D eigenvalue weighted by atomic mass is 10.3. The van der Waals surface area contributed by atoms with Gasteiger partial charge in [0.1, 0.15) is 6.33 Å². The Morgan fingerprint density at radius 1 is 1.46 bits per heavy atom. The standard InChI is InChI=1S/C8H10BrN3O/c9-7-5-10-6-11-8(7)12-3-1-2-4-13-12/h5-6H,1-4H2. The van der Waals surface area contributed by atoms with Crippen LogP contribution in [0.15, 0.2) is 17.0 Å². The minimum absolute atomic E-state index is 0.774. The number of hydrogen-bond acceptors (Lipinski definition) is 4. The summed E-state index contributed by atoms with van der Waals surface area (Å²) in [5, 5.41) is 1.81. The van der Waals surface area contributed by atoms with Crippen molar-refractivity contribution in [2.24, 2.45) is 0 Å². The van der Waals surface area contributed by atoms with E-state index in [2.05, 4.69) is 25.9 Å². The molecule has 4 nitrogen and oxygen atoms in total. The van der Waals surface area contributed by atoms with E-state index >= 15 is 0 Å². The Kier molecular flexibility index (Phi) is 2.75. The molecule has 0 bridgehead atoms. The molecule has 1 aliphatic heterocycles. The fourth-order valence-electron chi connectivity index (χ4n) is 1.25. The molecule has 0 saturated carbocycles. The Bertz CT molecular complexity index is 288. The number of hydroxylamine groups is 1. The van der Waals surface area contributed by atoms with Crippen LogP contribution in [0.25, 0.3) is 0 Å². The van der Waals surface area contributed by atoms with Crippen LogP contribution in [0.1, 0.15) is 12.8 Å². The maximum atomic E-state index is 5.46. The molecule has 0 spiro atoms. The van der Waals surface area contributed by atoms with Gasteiger partial charge in [0.2, 0.25) is 0 Å². The van der Waals surface area contributed by atoms with E-state index in [-0.39, 0.29) is 0 Å². The van der Waals surface area contributed by atoms with Gasteiger partial charge in [-0.2, -0.15) is 0 Å². The first-order chi connectivity index (χ1) is 6.38. The highest BCUT2D eigenvalue weighted by molar-refractivity contribution is 9.10. The van der Waals surface area contributed by atoms with E-state index in [1.54, 1.807) is 6.20 Å². The van der Waals surface area contributed by atoms with Gasteiger partial charge >= 0.3 is 0 Å². The van der Waals surface area contributed by atoms with Gasteiger partial charge in [0, 0.05) is 12.7 Å². The second kappa shape index (κ2) is 4.02. The highest BCUT2D eigenvalue weighted by atomic mass is 79.9. The molecule has 1 aromatic rings. The summed E-state index contributed by atoms with van der Waals surface area (Å²) in [5.74, 6) is 0.815. The van der Waals surface area contributed by atoms with Gasteiger partial charge in [-0.1, -0.05) is 0 Å². The lowest BCUT2D eigenvalue weighted by Crippen LogP contribution is -2.30. The third-order valence-corrected chi connectivity index (χ3v) is 2.45. The number of halogens is 1. The van der Waals surface area contributed by atoms with Crippen molar-refractivity contribution in [2.45, 2.75) is 12.8 Å². The van der Waals surface area contributed by atoms with Crippen LogP contribution in [0.3, 0.4) is 0 Å². The largest absolute Gasteiger partial charge is 0.272 e. The van der Waals surface area contributed by atoms with Crippen LogP contribution in [0.5, 0.6) is 0 Å². The summed E-state index contributed by atoms with van der Waals surface area (Å²) in [7, 11) is 0. The molecule has 1 aliphatic rings. The Morgan fingerprint density at radius 3 is 3.08 bits per heavy atom. The molecule has 1 fully saturated rings. The normalized spacial score (nSPS) is 17.5. The van der Waals surface area contributed by atoms with Crippen LogP contribution < -0.4 is 5.06 Å². The van der Waals surface area contributed by atoms with Crippen molar-refractivity contribution in [1.29, 1.82) is 0 Å². The zero-order valence-corrected chi connectivity index (χ0v) is 8.70. The van der Waals surface area contributed by atoms with Crippen molar-refractivity contribution in [3.63, 3.8) is 0 Å². The van der Waals surface area contributed by atoms with Crippen LogP contribution >= 0.6 is 15.9 Å². The molecule has 2 rings (SSSR count). The van der Waals surface area contributed by atoms with Crippen LogP contribution in [-0.2, 0) is 4.84 Å². The van der Waals surface area contributed by atoms with Gasteiger partial charge in [-0.3, -0.25) is 4.84 Å². The third-order valence-electron chi connectivity index (χ3n) is 1.89. The van der Waals surface area contributed by atoms with Gasteiger partial charge in [0.05, 0.1) is 11.1 Å². The summed E-state index contributed by atoms with van der Waals surface area (Å²) in [6, 6.07) is 0. The Morgan fingerprint density at radius 2 is 2.38 bits per heavy atom. The molecule has 0 aromatic carbocycles. The molecule has 70 valence electrons. The summed E-state index contributed by atoms with van der Waals surface area (Å²) >= 11 is 3.39. The molecule has 2 heterocycles. The van der Waals surface area contributed by atoms with Gasteiger partial charge in [-0.15, -0.1) is 0 Å². The highest BCUT2D eigenvalue weighted by Crippen LogP contribution is 2.24. The van der Waals surface area contributed by atoms with Crippen LogP contribution in [0.4, 0.5) is 5.82 Å². The highest BCUT2D eigenvalue weighted by Gasteiger charge is 2.15. The number of rotatable bonds is 1. The van der Waals surface area contributed by atoms with Crippen molar-refractivity contribution in [2.75, 3.05) is 18.2 Å². The van der Waals surface area contributed by atoms with E-state index in [4.69, 9.17) is 4.84 Å². The minimum Gasteiger partial charge on any atom is -0.272 e. The number of aromatic nitrogens is 2. The summed E-state index contributed by atoms with van der Waals surface area (Å²) in [5.41, 5.74) is 0. The molecule has 0 unspecified atom stereocenters. The number of nitrogens with zero attached hydrogens (tertiary/aromatic N) is 3. The van der Waals surface area contributed by atoms with E-state index in [9.17, 15) is 0 Å². The smallest absolute Gasteiger partial charge is 0.170 e. The second-order valence-corrected chi connectivity index (χ2v) is 3.69. The predicted molar refractivity (Wildman–Crippen MR) is 52.3 cm³/mol. The van der Waals surface area contributed by atoms with Gasteiger partial charge in [-0.25, -0.2) is 15.0 Å². The fourth-order valence-corrected chi connectivity index (χ4v) is 1.67. The van der Waals surface area contributed by atoms with Gasteiger partial charge in [0.15, 0.2) is 5.82 Å². The molecule has 0 aliphatic carbocycles. The molecular formula is C8H10BrN3O. The maximum Gasteiger partial charge on any atom is 0.170 e. The van der Waals surface area contributed by atoms with E-state index < -0.39 is 0 Å². The monoisotopic (exact) mass is 243 g/mol. The van der Waals surface area contributed by atoms with Crippen LogP contribution in [-0.4, -0.2) is 23.1 Å². The zero-order chi connectivity index (χ0) is 9.10. The third kappa shape index (κ3) is 1.97. The average molecular weight is 244 g/mol. The molecule has 5 heteroatoms. The Hall–Kier alpha value is -0.680. The van der Waals surface area contributed by atoms with Crippen molar-refractivity contribution in [3.8, 4) is 0 Å². The van der Waals surface area contributed by atoms with Gasteiger partial charge < -0.3 is 0 Å². The summed E-state index contributed by atoms with van der Waals surface area (Å²) in [6.45, 7) is 1.67. The van der Waals surface area contributed by atoms with Crippen molar-refractivity contribution in [3.05, 3.63) is 17.0 Å².